The van der Waals surface area contributed by atoms with E-state index in [0.29, 0.717) is 6.42 Å². The normalized spacial score (nSPS) is 10.9. The molecule has 0 aromatic rings. The molecule has 0 spiro atoms. The standard InChI is InChI=1S/C23H43N3O4/c1-4-5-15-18-25(2)23(30)26(3)19-16-13-11-9-7-6-8-10-12-14-17-21(27)24-20-22(28)29/h7,9H,4-6,8,10-20H2,1-3H3,(H,24,27)(H,28,29)/b9-7+. The maximum Gasteiger partial charge on any atom is 0.322 e. The number of amides is 3. The van der Waals surface area contributed by atoms with Crippen molar-refractivity contribution < 1.29 is 19.5 Å². The highest BCUT2D eigenvalue weighted by Crippen LogP contribution is 2.07. The minimum Gasteiger partial charge on any atom is -0.480 e. The Morgan fingerprint density at radius 1 is 0.800 bits per heavy atom. The van der Waals surface area contributed by atoms with Gasteiger partial charge in [-0.15, -0.1) is 0 Å². The molecule has 0 aromatic carbocycles. The highest BCUT2D eigenvalue weighted by molar-refractivity contribution is 5.80. The first-order valence-electron chi connectivity index (χ1n) is 11.5. The molecule has 0 aliphatic carbocycles. The lowest BCUT2D eigenvalue weighted by atomic mass is 10.1. The SMILES string of the molecule is CCCCCN(C)C(=O)N(C)CCCC/C=C/CCCCCCC(=O)NCC(=O)O. The Hall–Kier alpha value is -2.05. The molecule has 0 atom stereocenters. The zero-order chi connectivity index (χ0) is 22.6. The quantitative estimate of drug-likeness (QED) is 0.251. The van der Waals surface area contributed by atoms with Crippen molar-refractivity contribution in [3.63, 3.8) is 0 Å². The molecule has 0 unspecified atom stereocenters. The van der Waals surface area contributed by atoms with Gasteiger partial charge in [0.15, 0.2) is 0 Å². The predicted molar refractivity (Wildman–Crippen MR) is 122 cm³/mol. The van der Waals surface area contributed by atoms with Crippen molar-refractivity contribution in [3.8, 4) is 0 Å². The van der Waals surface area contributed by atoms with Crippen molar-refractivity contribution in [2.24, 2.45) is 0 Å². The summed E-state index contributed by atoms with van der Waals surface area (Å²) in [6, 6.07) is 0.112. The topological polar surface area (TPSA) is 90.0 Å². The van der Waals surface area contributed by atoms with Crippen LogP contribution >= 0.6 is 0 Å². The summed E-state index contributed by atoms with van der Waals surface area (Å²) in [6.45, 7) is 3.49. The van der Waals surface area contributed by atoms with Crippen molar-refractivity contribution in [2.75, 3.05) is 33.7 Å². The van der Waals surface area contributed by atoms with Crippen LogP contribution in [0, 0.1) is 0 Å². The smallest absolute Gasteiger partial charge is 0.322 e. The van der Waals surface area contributed by atoms with E-state index in [-0.39, 0.29) is 18.5 Å². The van der Waals surface area contributed by atoms with Crippen molar-refractivity contribution in [2.45, 2.75) is 84.0 Å². The van der Waals surface area contributed by atoms with E-state index < -0.39 is 5.97 Å². The van der Waals surface area contributed by atoms with Gasteiger partial charge in [0.05, 0.1) is 0 Å². The highest BCUT2D eigenvalue weighted by atomic mass is 16.4. The minimum atomic E-state index is -1.01. The Balaban J connectivity index is 3.55. The fourth-order valence-electron chi connectivity index (χ4n) is 3.09. The van der Waals surface area contributed by atoms with E-state index in [4.69, 9.17) is 5.11 Å². The summed E-state index contributed by atoms with van der Waals surface area (Å²) in [4.78, 5) is 37.6. The molecule has 174 valence electrons. The van der Waals surface area contributed by atoms with Crippen LogP contribution < -0.4 is 5.32 Å². The van der Waals surface area contributed by atoms with Crippen LogP contribution in [0.5, 0.6) is 0 Å². The number of hydrogen-bond acceptors (Lipinski definition) is 3. The van der Waals surface area contributed by atoms with Crippen LogP contribution in [0.2, 0.25) is 0 Å². The zero-order valence-electron chi connectivity index (χ0n) is 19.3. The lowest BCUT2D eigenvalue weighted by molar-refractivity contribution is -0.137. The summed E-state index contributed by atoms with van der Waals surface area (Å²) in [5.41, 5.74) is 0. The summed E-state index contributed by atoms with van der Waals surface area (Å²) >= 11 is 0. The fraction of sp³-hybridized carbons (Fsp3) is 0.783. The summed E-state index contributed by atoms with van der Waals surface area (Å²) in [7, 11) is 3.76. The number of unbranched alkanes of at least 4 members (excludes halogenated alkanes) is 8. The molecule has 0 saturated heterocycles. The lowest BCUT2D eigenvalue weighted by Gasteiger charge is -2.24. The number of rotatable bonds is 18. The molecular weight excluding hydrogens is 382 g/mol. The van der Waals surface area contributed by atoms with Crippen LogP contribution in [-0.4, -0.2) is 66.5 Å². The average Bonchev–Trinajstić information content (AvgIpc) is 2.72. The Kier molecular flexibility index (Phi) is 17.7. The molecule has 0 aliphatic rings. The largest absolute Gasteiger partial charge is 0.480 e. The molecule has 0 rings (SSSR count). The second-order valence-electron chi connectivity index (χ2n) is 7.92. The lowest BCUT2D eigenvalue weighted by Crippen LogP contribution is -2.39. The van der Waals surface area contributed by atoms with E-state index in [0.717, 1.165) is 70.9 Å². The number of carboxylic acids is 1. The summed E-state index contributed by atoms with van der Waals surface area (Å²) in [5.74, 6) is -1.20. The Morgan fingerprint density at radius 3 is 1.90 bits per heavy atom. The van der Waals surface area contributed by atoms with Gasteiger partial charge in [-0.2, -0.15) is 0 Å². The third kappa shape index (κ3) is 16.9. The second-order valence-corrected chi connectivity index (χ2v) is 7.92. The van der Waals surface area contributed by atoms with Crippen molar-refractivity contribution in [3.05, 3.63) is 12.2 Å². The molecule has 0 heterocycles. The predicted octanol–water partition coefficient (Wildman–Crippen LogP) is 4.43. The van der Waals surface area contributed by atoms with Crippen LogP contribution in [0.3, 0.4) is 0 Å². The molecule has 0 bridgehead atoms. The van der Waals surface area contributed by atoms with Gasteiger partial charge in [0, 0.05) is 33.6 Å². The maximum atomic E-state index is 12.2. The summed E-state index contributed by atoms with van der Waals surface area (Å²) in [5, 5.41) is 10.9. The van der Waals surface area contributed by atoms with E-state index in [2.05, 4.69) is 24.4 Å². The van der Waals surface area contributed by atoms with E-state index in [1.54, 1.807) is 0 Å². The molecule has 3 amide bonds. The molecule has 0 saturated carbocycles. The van der Waals surface area contributed by atoms with Crippen molar-refractivity contribution >= 4 is 17.9 Å². The number of carbonyl (C=O) groups excluding carboxylic acids is 2. The molecule has 30 heavy (non-hydrogen) atoms. The molecular formula is C23H43N3O4. The van der Waals surface area contributed by atoms with E-state index >= 15 is 0 Å². The molecule has 0 aromatic heterocycles. The van der Waals surface area contributed by atoms with Gasteiger partial charge in [0.1, 0.15) is 6.54 Å². The Bertz CT molecular complexity index is 509. The number of nitrogens with zero attached hydrogens (tertiary/aromatic N) is 2. The van der Waals surface area contributed by atoms with E-state index in [1.165, 1.54) is 12.8 Å². The molecule has 7 nitrogen and oxygen atoms in total. The van der Waals surface area contributed by atoms with Crippen molar-refractivity contribution in [1.29, 1.82) is 0 Å². The first kappa shape index (κ1) is 27.9. The van der Waals surface area contributed by atoms with Crippen LogP contribution in [0.4, 0.5) is 4.79 Å². The van der Waals surface area contributed by atoms with Gasteiger partial charge in [-0.25, -0.2) is 4.79 Å². The highest BCUT2D eigenvalue weighted by Gasteiger charge is 2.12. The second kappa shape index (κ2) is 18.9. The summed E-state index contributed by atoms with van der Waals surface area (Å²) in [6.07, 6.45) is 16.4. The molecule has 2 N–H and O–H groups in total. The number of hydrogen-bond donors (Lipinski definition) is 2. The molecule has 0 aliphatic heterocycles. The average molecular weight is 426 g/mol. The van der Waals surface area contributed by atoms with Gasteiger partial charge in [0.25, 0.3) is 0 Å². The number of carboxylic acid groups (broad SMARTS) is 1. The molecule has 7 heteroatoms. The first-order valence-corrected chi connectivity index (χ1v) is 11.5. The van der Waals surface area contributed by atoms with Crippen LogP contribution in [0.15, 0.2) is 12.2 Å². The third-order valence-corrected chi connectivity index (χ3v) is 4.99. The number of nitrogens with one attached hydrogen (secondary N) is 1. The van der Waals surface area contributed by atoms with Crippen LogP contribution in [-0.2, 0) is 9.59 Å². The molecule has 0 fully saturated rings. The van der Waals surface area contributed by atoms with Gasteiger partial charge < -0.3 is 20.2 Å². The summed E-state index contributed by atoms with van der Waals surface area (Å²) < 4.78 is 0. The Morgan fingerprint density at radius 2 is 1.33 bits per heavy atom. The third-order valence-electron chi connectivity index (χ3n) is 4.99. The monoisotopic (exact) mass is 425 g/mol. The number of carbonyl (C=O) groups is 3. The molecule has 0 radical (unpaired) electrons. The number of urea groups is 1. The van der Waals surface area contributed by atoms with Gasteiger partial charge in [-0.3, -0.25) is 9.59 Å². The minimum absolute atomic E-state index is 0.112. The van der Waals surface area contributed by atoms with Gasteiger partial charge in [-0.1, -0.05) is 44.8 Å². The van der Waals surface area contributed by atoms with E-state index in [1.807, 2.05) is 23.9 Å². The Labute approximate surface area is 182 Å². The number of aliphatic carboxylic acids is 1. The van der Waals surface area contributed by atoms with Crippen LogP contribution in [0.25, 0.3) is 0 Å². The van der Waals surface area contributed by atoms with Gasteiger partial charge >= 0.3 is 12.0 Å². The van der Waals surface area contributed by atoms with Crippen LogP contribution in [0.1, 0.15) is 84.0 Å². The zero-order valence-corrected chi connectivity index (χ0v) is 19.3. The van der Waals surface area contributed by atoms with Gasteiger partial charge in [-0.05, 0) is 44.9 Å². The van der Waals surface area contributed by atoms with Crippen molar-refractivity contribution in [1.82, 2.24) is 15.1 Å². The number of allylic oxidation sites excluding steroid dienone is 2. The van der Waals surface area contributed by atoms with E-state index in [9.17, 15) is 14.4 Å². The fourth-order valence-corrected chi connectivity index (χ4v) is 3.09. The van der Waals surface area contributed by atoms with Gasteiger partial charge in [0.2, 0.25) is 5.91 Å². The first-order chi connectivity index (χ1) is 14.4. The maximum absolute atomic E-state index is 12.2.